The molecule has 30 heavy (non-hydrogen) atoms. The van der Waals surface area contributed by atoms with E-state index in [1.54, 1.807) is 6.08 Å². The molecule has 6 nitrogen and oxygen atoms in total. The molecular weight excluding hydrogens is 384 g/mol. The van der Waals surface area contributed by atoms with E-state index in [2.05, 4.69) is 13.8 Å². The van der Waals surface area contributed by atoms with Crippen LogP contribution in [0.15, 0.2) is 11.6 Å². The van der Waals surface area contributed by atoms with E-state index in [-0.39, 0.29) is 52.2 Å². The largest absolute Gasteiger partial charge is 0.469 e. The van der Waals surface area contributed by atoms with E-state index in [4.69, 9.17) is 9.47 Å². The van der Waals surface area contributed by atoms with Gasteiger partial charge in [-0.05, 0) is 67.8 Å². The number of aliphatic hydroxyl groups is 1. The molecule has 4 fully saturated rings. The third-order valence-electron chi connectivity index (χ3n) is 9.79. The van der Waals surface area contributed by atoms with Gasteiger partial charge >= 0.3 is 11.9 Å². The Bertz CT molecular complexity index is 847. The fraction of sp³-hybridized carbons (Fsp3) is 0.792. The summed E-state index contributed by atoms with van der Waals surface area (Å²) in [5, 5.41) is 11.6. The number of ketones is 1. The topological polar surface area (TPSA) is 89.9 Å². The maximum atomic E-state index is 12.9. The lowest BCUT2D eigenvalue weighted by atomic mass is 9.43. The third kappa shape index (κ3) is 2.43. The fourth-order valence-electron chi connectivity index (χ4n) is 8.35. The average Bonchev–Trinajstić information content (AvgIpc) is 3.21. The van der Waals surface area contributed by atoms with Gasteiger partial charge in [0.25, 0.3) is 0 Å². The zero-order valence-corrected chi connectivity index (χ0v) is 18.1. The summed E-state index contributed by atoms with van der Waals surface area (Å²) in [4.78, 5) is 37.2. The van der Waals surface area contributed by atoms with Crippen LogP contribution in [0.5, 0.6) is 0 Å². The number of fused-ring (bicyclic) bond motifs is 6. The van der Waals surface area contributed by atoms with Crippen molar-refractivity contribution in [3.63, 3.8) is 0 Å². The quantitative estimate of drug-likeness (QED) is 0.661. The molecule has 0 unspecified atom stereocenters. The minimum absolute atomic E-state index is 0.0415. The predicted molar refractivity (Wildman–Crippen MR) is 107 cm³/mol. The second kappa shape index (κ2) is 6.41. The van der Waals surface area contributed by atoms with E-state index >= 15 is 0 Å². The predicted octanol–water partition coefficient (Wildman–Crippen LogP) is 2.96. The van der Waals surface area contributed by atoms with Crippen LogP contribution >= 0.6 is 0 Å². The van der Waals surface area contributed by atoms with Crippen molar-refractivity contribution in [2.24, 2.45) is 34.5 Å². The second-order valence-electron chi connectivity index (χ2n) is 10.8. The van der Waals surface area contributed by atoms with Crippen LogP contribution in [-0.2, 0) is 23.9 Å². The highest BCUT2D eigenvalue weighted by molar-refractivity contribution is 5.92. The summed E-state index contributed by atoms with van der Waals surface area (Å²) in [6.45, 7) is 4.33. The number of carbonyl (C=O) groups excluding carboxylic acids is 3. The Morgan fingerprint density at radius 2 is 1.97 bits per heavy atom. The van der Waals surface area contributed by atoms with E-state index in [0.717, 1.165) is 18.4 Å². The van der Waals surface area contributed by atoms with Gasteiger partial charge in [0.2, 0.25) is 0 Å². The van der Waals surface area contributed by atoms with Gasteiger partial charge in [0.15, 0.2) is 5.78 Å². The van der Waals surface area contributed by atoms with Gasteiger partial charge in [-0.25, -0.2) is 0 Å². The molecule has 4 aliphatic carbocycles. The highest BCUT2D eigenvalue weighted by Crippen LogP contribution is 2.70. The molecule has 1 heterocycles. The smallest absolute Gasteiger partial charge is 0.309 e. The van der Waals surface area contributed by atoms with Crippen LogP contribution in [-0.4, -0.2) is 41.6 Å². The summed E-state index contributed by atoms with van der Waals surface area (Å²) < 4.78 is 11.2. The van der Waals surface area contributed by atoms with E-state index in [1.165, 1.54) is 7.11 Å². The maximum Gasteiger partial charge on any atom is 0.309 e. The molecule has 8 atom stereocenters. The monoisotopic (exact) mass is 416 g/mol. The molecule has 1 spiro atoms. The lowest BCUT2D eigenvalue weighted by molar-refractivity contribution is -0.197. The summed E-state index contributed by atoms with van der Waals surface area (Å²) in [6.07, 6.45) is 6.21. The standard InChI is InChI=1S/C24H32O6/c1-22-7-4-14(25)10-13(22)11-15(21(28)29-3)19-16-5-8-24(9-6-18(27)30-24)23(16,2)12-17(26)20(19)22/h10,15-17,19-20,26H,4-9,11-12H2,1-3H3/t15-,16-,17-,19-,20-,22+,23+,24-/m1/s1. The lowest BCUT2D eigenvalue weighted by Gasteiger charge is -2.62. The van der Waals surface area contributed by atoms with Gasteiger partial charge in [0.1, 0.15) is 5.60 Å². The molecule has 0 radical (unpaired) electrons. The van der Waals surface area contributed by atoms with Crippen LogP contribution in [0.3, 0.4) is 0 Å². The van der Waals surface area contributed by atoms with Crippen molar-refractivity contribution >= 4 is 17.7 Å². The molecule has 0 bridgehead atoms. The molecule has 5 aliphatic rings. The molecule has 164 valence electrons. The van der Waals surface area contributed by atoms with E-state index in [1.807, 2.05) is 0 Å². The molecule has 0 amide bonds. The van der Waals surface area contributed by atoms with Crippen molar-refractivity contribution in [2.45, 2.75) is 76.9 Å². The minimum atomic E-state index is -0.611. The number of allylic oxidation sites excluding steroid dienone is 1. The Morgan fingerprint density at radius 3 is 2.63 bits per heavy atom. The van der Waals surface area contributed by atoms with Crippen molar-refractivity contribution in [3.05, 3.63) is 11.6 Å². The Morgan fingerprint density at radius 1 is 1.20 bits per heavy atom. The summed E-state index contributed by atoms with van der Waals surface area (Å²) in [6, 6.07) is 0. The number of ether oxygens (including phenoxy) is 2. The second-order valence-corrected chi connectivity index (χ2v) is 10.8. The minimum Gasteiger partial charge on any atom is -0.469 e. The molecule has 0 aromatic rings. The first-order chi connectivity index (χ1) is 14.1. The average molecular weight is 417 g/mol. The molecule has 0 aromatic carbocycles. The first-order valence-corrected chi connectivity index (χ1v) is 11.4. The number of hydrogen-bond acceptors (Lipinski definition) is 6. The summed E-state index contributed by atoms with van der Waals surface area (Å²) in [5.74, 6) is -0.636. The van der Waals surface area contributed by atoms with Gasteiger partial charge in [-0.15, -0.1) is 0 Å². The van der Waals surface area contributed by atoms with Gasteiger partial charge in [-0.2, -0.15) is 0 Å². The number of esters is 2. The Hall–Kier alpha value is -1.69. The molecule has 6 heteroatoms. The fourth-order valence-corrected chi connectivity index (χ4v) is 8.35. The zero-order chi connectivity index (χ0) is 21.5. The number of methoxy groups -OCH3 is 1. The highest BCUT2D eigenvalue weighted by Gasteiger charge is 2.71. The number of carbonyl (C=O) groups is 3. The lowest BCUT2D eigenvalue weighted by Crippen LogP contribution is -2.62. The van der Waals surface area contributed by atoms with Gasteiger partial charge in [0.05, 0.1) is 19.1 Å². The third-order valence-corrected chi connectivity index (χ3v) is 9.79. The van der Waals surface area contributed by atoms with E-state index < -0.39 is 11.7 Å². The summed E-state index contributed by atoms with van der Waals surface area (Å²) >= 11 is 0. The van der Waals surface area contributed by atoms with Crippen molar-refractivity contribution in [3.8, 4) is 0 Å². The summed E-state index contributed by atoms with van der Waals surface area (Å²) in [7, 11) is 1.42. The van der Waals surface area contributed by atoms with E-state index in [9.17, 15) is 19.5 Å². The highest BCUT2D eigenvalue weighted by atomic mass is 16.6. The Balaban J connectivity index is 1.62. The molecule has 5 rings (SSSR count). The van der Waals surface area contributed by atoms with Crippen molar-refractivity contribution in [1.82, 2.24) is 0 Å². The number of rotatable bonds is 1. The van der Waals surface area contributed by atoms with Gasteiger partial charge in [-0.1, -0.05) is 19.4 Å². The number of hydrogen-bond donors (Lipinski definition) is 1. The van der Waals surface area contributed by atoms with Crippen molar-refractivity contribution in [1.29, 1.82) is 0 Å². The normalized spacial score (nSPS) is 49.7. The van der Waals surface area contributed by atoms with Crippen LogP contribution in [0.2, 0.25) is 0 Å². The van der Waals surface area contributed by atoms with Crippen LogP contribution in [0, 0.1) is 34.5 Å². The molecule has 0 aromatic heterocycles. The maximum absolute atomic E-state index is 12.9. The van der Waals surface area contributed by atoms with Crippen LogP contribution < -0.4 is 0 Å². The molecular formula is C24H32O6. The van der Waals surface area contributed by atoms with Gasteiger partial charge in [-0.3, -0.25) is 14.4 Å². The van der Waals surface area contributed by atoms with Crippen LogP contribution in [0.1, 0.15) is 65.2 Å². The number of aliphatic hydroxyl groups excluding tert-OH is 1. The van der Waals surface area contributed by atoms with E-state index in [0.29, 0.717) is 38.5 Å². The SMILES string of the molecule is COC(=O)[C@@H]1CC2=CC(=O)CC[C@]2(C)[C@H]2[C@H]1[C@H]1CC[C@@]3(CCC(=O)O3)[C@@]1(C)C[C@H]2O. The summed E-state index contributed by atoms with van der Waals surface area (Å²) in [5.41, 5.74) is -0.168. The Labute approximate surface area is 177 Å². The van der Waals surface area contributed by atoms with Crippen molar-refractivity contribution < 1.29 is 29.0 Å². The molecule has 1 N–H and O–H groups in total. The van der Waals surface area contributed by atoms with Crippen LogP contribution in [0.25, 0.3) is 0 Å². The molecule has 1 aliphatic heterocycles. The zero-order valence-electron chi connectivity index (χ0n) is 18.1. The van der Waals surface area contributed by atoms with Gasteiger partial charge < -0.3 is 14.6 Å². The Kier molecular flexibility index (Phi) is 4.32. The first kappa shape index (κ1) is 20.2. The molecule has 1 saturated heterocycles. The molecule has 3 saturated carbocycles. The van der Waals surface area contributed by atoms with Crippen molar-refractivity contribution in [2.75, 3.05) is 7.11 Å². The van der Waals surface area contributed by atoms with Gasteiger partial charge in [0, 0.05) is 18.3 Å². The first-order valence-electron chi connectivity index (χ1n) is 11.4. The van der Waals surface area contributed by atoms with Crippen LogP contribution in [0.4, 0.5) is 0 Å².